The third-order valence-electron chi connectivity index (χ3n) is 3.34. The molecule has 6 nitrogen and oxygen atoms in total. The summed E-state index contributed by atoms with van der Waals surface area (Å²) in [6, 6.07) is 6.99. The van der Waals surface area contributed by atoms with Crippen LogP contribution in [0.15, 0.2) is 42.6 Å². The van der Waals surface area contributed by atoms with Gasteiger partial charge in [0.1, 0.15) is 11.6 Å². The summed E-state index contributed by atoms with van der Waals surface area (Å²) in [7, 11) is 0. The number of rotatable bonds is 6. The summed E-state index contributed by atoms with van der Waals surface area (Å²) in [6.07, 6.45) is 8.43. The molecule has 130 valence electrons. The molecule has 0 amide bonds. The average Bonchev–Trinajstić information content (AvgIpc) is 2.62. The van der Waals surface area contributed by atoms with Crippen LogP contribution in [-0.4, -0.2) is 27.1 Å². The molecule has 0 aliphatic rings. The second-order valence-corrected chi connectivity index (χ2v) is 5.25. The van der Waals surface area contributed by atoms with E-state index in [1.54, 1.807) is 30.5 Å². The van der Waals surface area contributed by atoms with Crippen molar-refractivity contribution in [1.82, 2.24) is 9.97 Å². The van der Waals surface area contributed by atoms with Crippen molar-refractivity contribution in [3.05, 3.63) is 53.3 Å². The molecule has 0 saturated carbocycles. The first-order valence-corrected chi connectivity index (χ1v) is 7.92. The minimum absolute atomic E-state index is 0.491. The van der Waals surface area contributed by atoms with Crippen LogP contribution in [0.3, 0.4) is 0 Å². The van der Waals surface area contributed by atoms with Crippen LogP contribution in [0.2, 0.25) is 0 Å². The fraction of sp³-hybridized carbons (Fsp3) is 0.211. The highest BCUT2D eigenvalue weighted by Crippen LogP contribution is 2.19. The summed E-state index contributed by atoms with van der Waals surface area (Å²) in [5, 5.41) is 13.6. The van der Waals surface area contributed by atoms with E-state index >= 15 is 0 Å². The van der Waals surface area contributed by atoms with E-state index < -0.39 is 12.1 Å². The molecule has 1 unspecified atom stereocenters. The zero-order chi connectivity index (χ0) is 18.2. The molecule has 1 aromatic carbocycles. The number of carboxylic acid groups (broad SMARTS) is 1. The minimum Gasteiger partial charge on any atom is -0.479 e. The molecule has 1 heterocycles. The van der Waals surface area contributed by atoms with Crippen molar-refractivity contribution in [2.45, 2.75) is 26.9 Å². The summed E-state index contributed by atoms with van der Waals surface area (Å²) in [4.78, 5) is 19.7. The van der Waals surface area contributed by atoms with Crippen molar-refractivity contribution >= 4 is 29.6 Å². The van der Waals surface area contributed by atoms with Crippen LogP contribution in [0.4, 0.5) is 11.5 Å². The minimum atomic E-state index is -1.00. The molecule has 0 aliphatic heterocycles. The van der Waals surface area contributed by atoms with Crippen molar-refractivity contribution in [3.8, 4) is 5.75 Å². The topological polar surface area (TPSA) is 84.3 Å². The van der Waals surface area contributed by atoms with E-state index in [0.717, 1.165) is 16.4 Å². The number of hydrogen-bond acceptors (Lipinski definition) is 5. The Labute approximate surface area is 146 Å². The summed E-state index contributed by atoms with van der Waals surface area (Å²) < 4.78 is 5.30. The van der Waals surface area contributed by atoms with Crippen LogP contribution < -0.4 is 20.8 Å². The number of aromatic nitrogens is 2. The van der Waals surface area contributed by atoms with Gasteiger partial charge in [-0.3, -0.25) is 4.98 Å². The quantitative estimate of drug-likeness (QED) is 0.839. The number of nitrogens with one attached hydrogen (secondary N) is 1. The standard InChI is InChI=1S/C19H21N3O3/c1-4-6-7-17-16(5-2)22-18(12-20-17)21-14-8-10-15(11-9-14)25-13(3)19(23)24/h4-13H,1-3H3,(H,21,22)(H,23,24)/b6-4-,16-5+,17-7+. The van der Waals surface area contributed by atoms with Crippen LogP contribution in [0.1, 0.15) is 20.8 Å². The van der Waals surface area contributed by atoms with Gasteiger partial charge in [0.15, 0.2) is 6.10 Å². The first-order valence-electron chi connectivity index (χ1n) is 7.92. The van der Waals surface area contributed by atoms with Gasteiger partial charge in [-0.25, -0.2) is 9.78 Å². The smallest absolute Gasteiger partial charge is 0.344 e. The lowest BCUT2D eigenvalue weighted by Crippen LogP contribution is -2.31. The van der Waals surface area contributed by atoms with Gasteiger partial charge in [0.25, 0.3) is 0 Å². The first kappa shape index (κ1) is 18.2. The number of carbonyl (C=O) groups is 1. The molecule has 1 aromatic heterocycles. The number of nitrogens with zero attached hydrogens (tertiary/aromatic N) is 2. The lowest BCUT2D eigenvalue weighted by molar-refractivity contribution is -0.144. The molecule has 0 bridgehead atoms. The Morgan fingerprint density at radius 2 is 1.96 bits per heavy atom. The molecule has 25 heavy (non-hydrogen) atoms. The maximum absolute atomic E-state index is 10.8. The normalized spacial score (nSPS) is 13.9. The number of anilines is 2. The maximum atomic E-state index is 10.8. The highest BCUT2D eigenvalue weighted by molar-refractivity contribution is 5.72. The monoisotopic (exact) mass is 339 g/mol. The van der Waals surface area contributed by atoms with Crippen LogP contribution in [0.25, 0.3) is 12.2 Å². The molecule has 2 rings (SSSR count). The van der Waals surface area contributed by atoms with Gasteiger partial charge in [0, 0.05) is 5.69 Å². The second kappa shape index (κ2) is 8.63. The lowest BCUT2D eigenvalue weighted by Gasteiger charge is -2.11. The Hall–Kier alpha value is -3.15. The summed E-state index contributed by atoms with van der Waals surface area (Å²) in [5.41, 5.74) is 0.803. The van der Waals surface area contributed by atoms with E-state index in [9.17, 15) is 4.79 Å². The predicted molar refractivity (Wildman–Crippen MR) is 98.2 cm³/mol. The summed E-state index contributed by atoms with van der Waals surface area (Å²) in [6.45, 7) is 5.34. The third-order valence-corrected chi connectivity index (χ3v) is 3.34. The van der Waals surface area contributed by atoms with Gasteiger partial charge < -0.3 is 15.2 Å². The zero-order valence-electron chi connectivity index (χ0n) is 14.4. The zero-order valence-corrected chi connectivity index (χ0v) is 14.4. The van der Waals surface area contributed by atoms with Crippen LogP contribution >= 0.6 is 0 Å². The number of allylic oxidation sites excluding steroid dienone is 2. The summed E-state index contributed by atoms with van der Waals surface area (Å²) in [5.74, 6) is 0.111. The molecule has 2 N–H and O–H groups in total. The Balaban J connectivity index is 2.16. The Kier molecular flexibility index (Phi) is 6.28. The first-order chi connectivity index (χ1) is 12.0. The fourth-order valence-corrected chi connectivity index (χ4v) is 2.02. The molecule has 1 atom stereocenters. The third kappa shape index (κ3) is 5.17. The van der Waals surface area contributed by atoms with Gasteiger partial charge in [-0.1, -0.05) is 18.2 Å². The predicted octanol–water partition coefficient (Wildman–Crippen LogP) is 2.23. The maximum Gasteiger partial charge on any atom is 0.344 e. The van der Waals surface area contributed by atoms with Gasteiger partial charge >= 0.3 is 5.97 Å². The van der Waals surface area contributed by atoms with Crippen LogP contribution in [0, 0.1) is 0 Å². The van der Waals surface area contributed by atoms with Crippen LogP contribution in [0.5, 0.6) is 5.75 Å². The van der Waals surface area contributed by atoms with E-state index in [1.165, 1.54) is 6.92 Å². The van der Waals surface area contributed by atoms with Gasteiger partial charge in [-0.15, -0.1) is 0 Å². The molecule has 0 saturated heterocycles. The van der Waals surface area contributed by atoms with E-state index in [1.807, 2.05) is 38.2 Å². The molecule has 2 aromatic rings. The van der Waals surface area contributed by atoms with E-state index in [2.05, 4.69) is 15.3 Å². The summed E-state index contributed by atoms with van der Waals surface area (Å²) >= 11 is 0. The molecule has 0 aliphatic carbocycles. The molecule has 0 radical (unpaired) electrons. The highest BCUT2D eigenvalue weighted by atomic mass is 16.5. The molecule has 6 heteroatoms. The highest BCUT2D eigenvalue weighted by Gasteiger charge is 2.12. The van der Waals surface area contributed by atoms with Crippen molar-refractivity contribution in [3.63, 3.8) is 0 Å². The van der Waals surface area contributed by atoms with Crippen molar-refractivity contribution in [1.29, 1.82) is 0 Å². The van der Waals surface area contributed by atoms with Crippen molar-refractivity contribution in [2.24, 2.45) is 0 Å². The van der Waals surface area contributed by atoms with Crippen molar-refractivity contribution < 1.29 is 14.6 Å². The lowest BCUT2D eigenvalue weighted by atomic mass is 10.3. The Morgan fingerprint density at radius 3 is 2.56 bits per heavy atom. The van der Waals surface area contributed by atoms with Gasteiger partial charge in [0.05, 0.1) is 16.9 Å². The Bertz CT molecular complexity index is 874. The molecule has 0 spiro atoms. The SMILES string of the molecule is C\C=C/C=c1/ncc(Nc2ccc(OC(C)C(=O)O)cc2)n/c1=C/C. The van der Waals surface area contributed by atoms with Crippen molar-refractivity contribution in [2.75, 3.05) is 5.32 Å². The number of aliphatic carboxylic acids is 1. The number of carboxylic acids is 1. The molecule has 0 fully saturated rings. The van der Waals surface area contributed by atoms with E-state index in [0.29, 0.717) is 11.6 Å². The number of ether oxygens (including phenoxy) is 1. The number of hydrogen-bond donors (Lipinski definition) is 2. The average molecular weight is 339 g/mol. The van der Waals surface area contributed by atoms with Gasteiger partial charge in [-0.05, 0) is 51.1 Å². The number of benzene rings is 1. The van der Waals surface area contributed by atoms with Gasteiger partial charge in [-0.2, -0.15) is 0 Å². The molecular formula is C19H21N3O3. The second-order valence-electron chi connectivity index (χ2n) is 5.25. The van der Waals surface area contributed by atoms with E-state index in [4.69, 9.17) is 9.84 Å². The largest absolute Gasteiger partial charge is 0.479 e. The fourth-order valence-electron chi connectivity index (χ4n) is 2.02. The van der Waals surface area contributed by atoms with Gasteiger partial charge in [0.2, 0.25) is 0 Å². The Morgan fingerprint density at radius 1 is 1.24 bits per heavy atom. The molecular weight excluding hydrogens is 318 g/mol. The van der Waals surface area contributed by atoms with E-state index in [-0.39, 0.29) is 0 Å². The van der Waals surface area contributed by atoms with Crippen LogP contribution in [-0.2, 0) is 4.79 Å².